The second kappa shape index (κ2) is 10.8. The Labute approximate surface area is 127 Å². The van der Waals surface area contributed by atoms with Crippen LogP contribution >= 0.6 is 0 Å². The quantitative estimate of drug-likeness (QED) is 0.481. The zero-order chi connectivity index (χ0) is 16.3. The van der Waals surface area contributed by atoms with Crippen molar-refractivity contribution in [3.63, 3.8) is 0 Å². The molecule has 0 rings (SSSR count). The topological polar surface area (TPSA) is 67.9 Å². The molecule has 0 unspecified atom stereocenters. The fourth-order valence-electron chi connectivity index (χ4n) is 1.25. The van der Waals surface area contributed by atoms with Crippen LogP contribution in [0, 0.1) is 11.8 Å². The molecule has 0 heterocycles. The first-order valence-electron chi connectivity index (χ1n) is 7.27. The average Bonchev–Trinajstić information content (AvgIpc) is 2.35. The van der Waals surface area contributed by atoms with E-state index in [0.717, 1.165) is 24.3 Å². The van der Waals surface area contributed by atoms with Crippen LogP contribution in [0.3, 0.4) is 0 Å². The standard InChI is InChI=1S/C15H26N2O4/c1-6-7-8-9-10-11-17(15(19)21-13(4)5)16-14(18)20-12(2)3/h12-13H,6-8,11H2,1-5H3,(H,16,18). The minimum Gasteiger partial charge on any atom is -0.446 e. The van der Waals surface area contributed by atoms with E-state index in [1.54, 1.807) is 27.7 Å². The molecule has 0 spiro atoms. The van der Waals surface area contributed by atoms with E-state index in [1.807, 2.05) is 0 Å². The number of hydrogen-bond donors (Lipinski definition) is 1. The van der Waals surface area contributed by atoms with Crippen LogP contribution in [-0.2, 0) is 9.47 Å². The van der Waals surface area contributed by atoms with Crippen molar-refractivity contribution in [2.75, 3.05) is 6.54 Å². The molecule has 120 valence electrons. The Morgan fingerprint density at radius 1 is 1.10 bits per heavy atom. The lowest BCUT2D eigenvalue weighted by atomic mass is 10.2. The van der Waals surface area contributed by atoms with E-state index in [2.05, 4.69) is 24.2 Å². The first-order chi connectivity index (χ1) is 9.86. The van der Waals surface area contributed by atoms with Gasteiger partial charge in [0, 0.05) is 6.42 Å². The van der Waals surface area contributed by atoms with Crippen molar-refractivity contribution in [2.45, 2.75) is 66.1 Å². The fourth-order valence-corrected chi connectivity index (χ4v) is 1.25. The molecule has 0 aliphatic carbocycles. The second-order valence-electron chi connectivity index (χ2n) is 5.04. The summed E-state index contributed by atoms with van der Waals surface area (Å²) in [5.74, 6) is 5.79. The van der Waals surface area contributed by atoms with Gasteiger partial charge < -0.3 is 9.47 Å². The highest BCUT2D eigenvalue weighted by Gasteiger charge is 2.19. The van der Waals surface area contributed by atoms with Crippen LogP contribution in [0.2, 0.25) is 0 Å². The molecule has 0 radical (unpaired) electrons. The third kappa shape index (κ3) is 10.5. The summed E-state index contributed by atoms with van der Waals surface area (Å²) in [6, 6.07) is 0. The van der Waals surface area contributed by atoms with Gasteiger partial charge in [-0.25, -0.2) is 20.0 Å². The van der Waals surface area contributed by atoms with Crippen LogP contribution < -0.4 is 5.43 Å². The van der Waals surface area contributed by atoms with Crippen molar-refractivity contribution >= 4 is 12.2 Å². The summed E-state index contributed by atoms with van der Waals surface area (Å²) >= 11 is 0. The molecular weight excluding hydrogens is 272 g/mol. The van der Waals surface area contributed by atoms with Crippen LogP contribution in [0.25, 0.3) is 0 Å². The third-order valence-electron chi connectivity index (χ3n) is 2.14. The van der Waals surface area contributed by atoms with Crippen molar-refractivity contribution in [2.24, 2.45) is 0 Å². The van der Waals surface area contributed by atoms with Crippen molar-refractivity contribution in [3.05, 3.63) is 0 Å². The maximum absolute atomic E-state index is 11.9. The highest BCUT2D eigenvalue weighted by molar-refractivity contribution is 5.74. The Morgan fingerprint density at radius 2 is 1.71 bits per heavy atom. The zero-order valence-electron chi connectivity index (χ0n) is 13.6. The van der Waals surface area contributed by atoms with Crippen LogP contribution in [0.1, 0.15) is 53.9 Å². The average molecular weight is 298 g/mol. The van der Waals surface area contributed by atoms with Crippen molar-refractivity contribution in [1.82, 2.24) is 10.4 Å². The molecule has 2 amide bonds. The molecule has 0 aromatic rings. The predicted molar refractivity (Wildman–Crippen MR) is 80.4 cm³/mol. The van der Waals surface area contributed by atoms with Crippen molar-refractivity contribution in [1.29, 1.82) is 0 Å². The number of amides is 2. The monoisotopic (exact) mass is 298 g/mol. The Bertz CT molecular complexity index is 383. The molecule has 0 fully saturated rings. The van der Waals surface area contributed by atoms with Crippen LogP contribution in [0.5, 0.6) is 0 Å². The van der Waals surface area contributed by atoms with Gasteiger partial charge in [-0.15, -0.1) is 5.92 Å². The molecule has 0 saturated heterocycles. The lowest BCUT2D eigenvalue weighted by molar-refractivity contribution is 0.0517. The number of nitrogens with zero attached hydrogens (tertiary/aromatic N) is 1. The van der Waals surface area contributed by atoms with E-state index >= 15 is 0 Å². The minimum atomic E-state index is -0.707. The SMILES string of the molecule is CCCCC#CCN(NC(=O)OC(C)C)C(=O)OC(C)C. The third-order valence-corrected chi connectivity index (χ3v) is 2.14. The molecule has 6 heteroatoms. The van der Waals surface area contributed by atoms with E-state index < -0.39 is 12.2 Å². The second-order valence-corrected chi connectivity index (χ2v) is 5.04. The molecule has 0 aromatic carbocycles. The molecular formula is C15H26N2O4. The van der Waals surface area contributed by atoms with Gasteiger partial charge in [-0.1, -0.05) is 19.3 Å². The molecule has 0 bridgehead atoms. The van der Waals surface area contributed by atoms with Gasteiger partial charge in [0.15, 0.2) is 0 Å². The van der Waals surface area contributed by atoms with Crippen LogP contribution in [-0.4, -0.2) is 35.9 Å². The maximum Gasteiger partial charge on any atom is 0.429 e. The summed E-state index contributed by atoms with van der Waals surface area (Å²) < 4.78 is 9.98. The molecule has 0 aliphatic rings. The summed E-state index contributed by atoms with van der Waals surface area (Å²) in [5, 5.41) is 1.02. The fraction of sp³-hybridized carbons (Fsp3) is 0.733. The lowest BCUT2D eigenvalue weighted by Gasteiger charge is -2.22. The van der Waals surface area contributed by atoms with Gasteiger partial charge in [-0.2, -0.15) is 0 Å². The van der Waals surface area contributed by atoms with Gasteiger partial charge in [-0.05, 0) is 34.1 Å². The summed E-state index contributed by atoms with van der Waals surface area (Å²) in [6.45, 7) is 9.05. The van der Waals surface area contributed by atoms with E-state index in [9.17, 15) is 9.59 Å². The number of carbonyl (C=O) groups excluding carboxylic acids is 2. The molecule has 0 atom stereocenters. The Balaban J connectivity index is 4.56. The summed E-state index contributed by atoms with van der Waals surface area (Å²) in [4.78, 5) is 23.4. The number of ether oxygens (including phenoxy) is 2. The highest BCUT2D eigenvalue weighted by atomic mass is 16.6. The number of hydrogen-bond acceptors (Lipinski definition) is 4. The van der Waals surface area contributed by atoms with Gasteiger partial charge in [0.2, 0.25) is 0 Å². The van der Waals surface area contributed by atoms with Gasteiger partial charge in [0.1, 0.15) is 6.54 Å². The van der Waals surface area contributed by atoms with Gasteiger partial charge in [0.05, 0.1) is 12.2 Å². The number of rotatable bonds is 5. The van der Waals surface area contributed by atoms with Gasteiger partial charge in [0.25, 0.3) is 0 Å². The number of nitrogens with one attached hydrogen (secondary N) is 1. The first-order valence-corrected chi connectivity index (χ1v) is 7.27. The smallest absolute Gasteiger partial charge is 0.429 e. The van der Waals surface area contributed by atoms with Crippen molar-refractivity contribution < 1.29 is 19.1 Å². The molecule has 0 aliphatic heterocycles. The normalized spacial score (nSPS) is 9.86. The predicted octanol–water partition coefficient (Wildman–Crippen LogP) is 3.08. The number of carbonyl (C=O) groups is 2. The molecule has 0 aromatic heterocycles. The van der Waals surface area contributed by atoms with Crippen LogP contribution in [0.4, 0.5) is 9.59 Å². The van der Waals surface area contributed by atoms with E-state index in [0.29, 0.717) is 0 Å². The van der Waals surface area contributed by atoms with Crippen molar-refractivity contribution in [3.8, 4) is 11.8 Å². The summed E-state index contributed by atoms with van der Waals surface area (Å²) in [6.07, 6.45) is 0.912. The first kappa shape index (κ1) is 19.1. The van der Waals surface area contributed by atoms with Gasteiger partial charge in [-0.3, -0.25) is 0 Å². The van der Waals surface area contributed by atoms with E-state index in [1.165, 1.54) is 0 Å². The highest BCUT2D eigenvalue weighted by Crippen LogP contribution is 1.98. The van der Waals surface area contributed by atoms with E-state index in [-0.39, 0.29) is 18.8 Å². The summed E-state index contributed by atoms with van der Waals surface area (Å²) in [7, 11) is 0. The van der Waals surface area contributed by atoms with Crippen LogP contribution in [0.15, 0.2) is 0 Å². The minimum absolute atomic E-state index is 0.0580. The molecule has 1 N–H and O–H groups in total. The molecule has 0 saturated carbocycles. The zero-order valence-corrected chi connectivity index (χ0v) is 13.6. The molecule has 21 heavy (non-hydrogen) atoms. The summed E-state index contributed by atoms with van der Waals surface area (Å²) in [5.41, 5.74) is 2.34. The Morgan fingerprint density at radius 3 is 2.24 bits per heavy atom. The Hall–Kier alpha value is -1.90. The maximum atomic E-state index is 11.9. The Kier molecular flexibility index (Phi) is 9.86. The molecule has 6 nitrogen and oxygen atoms in total. The number of unbranched alkanes of at least 4 members (excludes halogenated alkanes) is 2. The van der Waals surface area contributed by atoms with Gasteiger partial charge >= 0.3 is 12.2 Å². The lowest BCUT2D eigenvalue weighted by Crippen LogP contribution is -2.47. The van der Waals surface area contributed by atoms with E-state index in [4.69, 9.17) is 9.47 Å². The largest absolute Gasteiger partial charge is 0.446 e. The number of hydrazine groups is 1.